The molecule has 0 aromatic carbocycles. The topological polar surface area (TPSA) is 96.2 Å². The van der Waals surface area contributed by atoms with Crippen LogP contribution in [0.15, 0.2) is 11.6 Å². The van der Waals surface area contributed by atoms with E-state index in [2.05, 4.69) is 40.7 Å². The number of aliphatic hydroxyl groups is 3. The molecule has 6 nitrogen and oxygen atoms in total. The Kier molecular flexibility index (Phi) is 4.27. The maximum absolute atomic E-state index is 12.9. The first-order chi connectivity index (χ1) is 16.5. The molecule has 2 heterocycles. The number of carbonyl (C=O) groups is 1. The Labute approximate surface area is 214 Å². The third-order valence-electron chi connectivity index (χ3n) is 13.3. The molecule has 2 aliphatic heterocycles. The van der Waals surface area contributed by atoms with Gasteiger partial charge in [-0.15, -0.1) is 0 Å². The first-order valence-corrected chi connectivity index (χ1v) is 14.2. The van der Waals surface area contributed by atoms with Crippen LogP contribution in [0.2, 0.25) is 0 Å². The summed E-state index contributed by atoms with van der Waals surface area (Å²) in [6.45, 7) is 14.4. The molecular formula is C30H44O6. The molecule has 5 aliphatic carbocycles. The molecule has 200 valence electrons. The summed E-state index contributed by atoms with van der Waals surface area (Å²) < 4.78 is 13.4. The van der Waals surface area contributed by atoms with E-state index in [9.17, 15) is 20.1 Å². The molecule has 7 aliphatic rings. The fraction of sp³-hybridized carbons (Fsp3) is 0.900. The van der Waals surface area contributed by atoms with Gasteiger partial charge in [-0.3, -0.25) is 4.79 Å². The molecule has 6 fully saturated rings. The first-order valence-electron chi connectivity index (χ1n) is 14.2. The summed E-state index contributed by atoms with van der Waals surface area (Å²) in [5, 5.41) is 35.4. The Morgan fingerprint density at radius 1 is 1.11 bits per heavy atom. The van der Waals surface area contributed by atoms with Crippen LogP contribution < -0.4 is 0 Å². The van der Waals surface area contributed by atoms with Crippen molar-refractivity contribution in [1.82, 2.24) is 0 Å². The van der Waals surface area contributed by atoms with E-state index in [1.165, 1.54) is 5.57 Å². The van der Waals surface area contributed by atoms with Gasteiger partial charge in [0.05, 0.1) is 17.8 Å². The Balaban J connectivity index is 1.40. The Morgan fingerprint density at radius 3 is 2.47 bits per heavy atom. The normalized spacial score (nSPS) is 60.3. The van der Waals surface area contributed by atoms with Gasteiger partial charge < -0.3 is 24.8 Å². The maximum Gasteiger partial charge on any atom is 0.199 e. The molecule has 3 N–H and O–H groups in total. The van der Waals surface area contributed by atoms with E-state index >= 15 is 0 Å². The number of ketones is 1. The SMILES string of the molecule is C[C@@H]1C[C@H]2O[C@]3(O[C@@H]2C(C)(C)O)[C@H]1[C@@]1(C)C[C@H](O)[C@@]24C[C@@]25CCC(=O)C(C)(C)[C@@H]5CC=C4[C@]1(C)[C@H]3O. The number of hydrogen-bond acceptors (Lipinski definition) is 6. The number of fused-ring (bicyclic) bond motifs is 4. The average Bonchev–Trinajstić information content (AvgIpc) is 3.32. The highest BCUT2D eigenvalue weighted by atomic mass is 16.8. The predicted molar refractivity (Wildman–Crippen MR) is 133 cm³/mol. The number of hydrogen-bond donors (Lipinski definition) is 3. The third-order valence-corrected chi connectivity index (χ3v) is 13.3. The van der Waals surface area contributed by atoms with Gasteiger partial charge in [-0.25, -0.2) is 0 Å². The molecule has 4 saturated carbocycles. The molecule has 2 bridgehead atoms. The number of Topliss-reactive ketones (excluding diaryl/α,β-unsaturated/α-hetero) is 1. The lowest BCUT2D eigenvalue weighted by Crippen LogP contribution is -2.59. The van der Waals surface area contributed by atoms with Crippen LogP contribution in [0.1, 0.15) is 87.0 Å². The molecule has 2 saturated heterocycles. The van der Waals surface area contributed by atoms with E-state index in [1.54, 1.807) is 13.8 Å². The minimum absolute atomic E-state index is 0.0788. The highest BCUT2D eigenvalue weighted by molar-refractivity contribution is 5.86. The monoisotopic (exact) mass is 500 g/mol. The van der Waals surface area contributed by atoms with Crippen LogP contribution in [0.4, 0.5) is 0 Å². The standard InChI is InChI=1S/C30H44O6/c1-15-12-16-22(25(4,5)34)36-30(35-16)21(15)26(6)13-20(32)29-14-28(29)11-10-19(31)24(2,3)17(28)8-9-18(29)27(26,7)23(30)33/h9,15-17,20-23,32-34H,8,10-14H2,1-7H3/t15-,16-,17+,20+,21-,22+,23-,26-,27-,28-,29+,30+/m1/s1. The van der Waals surface area contributed by atoms with E-state index < -0.39 is 45.9 Å². The number of allylic oxidation sites excluding steroid dienone is 1. The molecule has 7 rings (SSSR count). The maximum atomic E-state index is 12.9. The molecule has 3 spiro atoms. The van der Waals surface area contributed by atoms with Crippen LogP contribution in [0.3, 0.4) is 0 Å². The van der Waals surface area contributed by atoms with Gasteiger partial charge in [-0.2, -0.15) is 0 Å². The van der Waals surface area contributed by atoms with Crippen molar-refractivity contribution in [3.05, 3.63) is 11.6 Å². The van der Waals surface area contributed by atoms with Crippen molar-refractivity contribution >= 4 is 5.78 Å². The number of rotatable bonds is 1. The van der Waals surface area contributed by atoms with Crippen LogP contribution in [-0.4, -0.2) is 56.9 Å². The van der Waals surface area contributed by atoms with E-state index in [0.717, 1.165) is 25.7 Å². The van der Waals surface area contributed by atoms with Crippen molar-refractivity contribution in [3.63, 3.8) is 0 Å². The molecule has 6 heteroatoms. The summed E-state index contributed by atoms with van der Waals surface area (Å²) >= 11 is 0. The number of ether oxygens (including phenoxy) is 2. The van der Waals surface area contributed by atoms with Crippen molar-refractivity contribution in [3.8, 4) is 0 Å². The lowest BCUT2D eigenvalue weighted by atomic mass is 9.44. The summed E-state index contributed by atoms with van der Waals surface area (Å²) in [4.78, 5) is 12.9. The number of aliphatic hydroxyl groups excluding tert-OH is 2. The zero-order chi connectivity index (χ0) is 26.1. The molecule has 12 atom stereocenters. The molecule has 0 amide bonds. The average molecular weight is 501 g/mol. The van der Waals surface area contributed by atoms with Gasteiger partial charge >= 0.3 is 0 Å². The van der Waals surface area contributed by atoms with E-state index in [-0.39, 0.29) is 34.7 Å². The van der Waals surface area contributed by atoms with Gasteiger partial charge in [0.1, 0.15) is 18.0 Å². The summed E-state index contributed by atoms with van der Waals surface area (Å²) in [6, 6.07) is 0. The van der Waals surface area contributed by atoms with Gasteiger partial charge in [0.2, 0.25) is 0 Å². The molecular weight excluding hydrogens is 456 g/mol. The van der Waals surface area contributed by atoms with Crippen molar-refractivity contribution in [2.45, 2.75) is 123 Å². The summed E-state index contributed by atoms with van der Waals surface area (Å²) in [7, 11) is 0. The highest BCUT2D eigenvalue weighted by Crippen LogP contribution is 2.88. The summed E-state index contributed by atoms with van der Waals surface area (Å²) in [5.74, 6) is -0.509. The minimum Gasteiger partial charge on any atom is -0.392 e. The molecule has 0 radical (unpaired) electrons. The zero-order valence-electron chi connectivity index (χ0n) is 22.9. The molecule has 0 aromatic rings. The summed E-state index contributed by atoms with van der Waals surface area (Å²) in [5.41, 5.74) is -1.82. The second kappa shape index (κ2) is 6.33. The minimum atomic E-state index is -1.19. The molecule has 0 aromatic heterocycles. The van der Waals surface area contributed by atoms with Gasteiger partial charge in [0, 0.05) is 28.6 Å². The quantitative estimate of drug-likeness (QED) is 0.475. The van der Waals surface area contributed by atoms with Crippen LogP contribution in [0.25, 0.3) is 0 Å². The number of carbonyl (C=O) groups excluding carboxylic acids is 1. The van der Waals surface area contributed by atoms with E-state index in [1.807, 2.05) is 0 Å². The van der Waals surface area contributed by atoms with Crippen molar-refractivity contribution in [2.24, 2.45) is 44.8 Å². The van der Waals surface area contributed by atoms with Crippen LogP contribution >= 0.6 is 0 Å². The van der Waals surface area contributed by atoms with Gasteiger partial charge in [0.15, 0.2) is 5.79 Å². The van der Waals surface area contributed by atoms with Crippen LogP contribution in [0, 0.1) is 44.8 Å². The Bertz CT molecular complexity index is 1090. The fourth-order valence-electron chi connectivity index (χ4n) is 11.7. The fourth-order valence-corrected chi connectivity index (χ4v) is 11.7. The van der Waals surface area contributed by atoms with E-state index in [0.29, 0.717) is 18.6 Å². The van der Waals surface area contributed by atoms with E-state index in [4.69, 9.17) is 9.47 Å². The van der Waals surface area contributed by atoms with Crippen molar-refractivity contribution in [1.29, 1.82) is 0 Å². The molecule has 0 unspecified atom stereocenters. The van der Waals surface area contributed by atoms with Crippen molar-refractivity contribution < 1.29 is 29.6 Å². The third kappa shape index (κ3) is 2.20. The van der Waals surface area contributed by atoms with Gasteiger partial charge in [0.25, 0.3) is 0 Å². The zero-order valence-corrected chi connectivity index (χ0v) is 22.9. The van der Waals surface area contributed by atoms with Gasteiger partial charge in [-0.1, -0.05) is 46.3 Å². The summed E-state index contributed by atoms with van der Waals surface area (Å²) in [6.07, 6.45) is 4.58. The second-order valence-electron chi connectivity index (χ2n) is 15.4. The lowest BCUT2D eigenvalue weighted by Gasteiger charge is -2.60. The smallest absolute Gasteiger partial charge is 0.199 e. The van der Waals surface area contributed by atoms with Gasteiger partial charge in [-0.05, 0) is 68.6 Å². The first kappa shape index (κ1) is 24.3. The Hall–Kier alpha value is -0.790. The van der Waals surface area contributed by atoms with Crippen LogP contribution in [-0.2, 0) is 14.3 Å². The van der Waals surface area contributed by atoms with Crippen molar-refractivity contribution in [2.75, 3.05) is 0 Å². The lowest BCUT2D eigenvalue weighted by molar-refractivity contribution is -0.280. The Morgan fingerprint density at radius 2 is 1.81 bits per heavy atom. The predicted octanol–water partition coefficient (Wildman–Crippen LogP) is 3.76. The van der Waals surface area contributed by atoms with Crippen LogP contribution in [0.5, 0.6) is 0 Å². The largest absolute Gasteiger partial charge is 0.392 e. The highest BCUT2D eigenvalue weighted by Gasteiger charge is 2.88. The second-order valence-corrected chi connectivity index (χ2v) is 15.4. The molecule has 36 heavy (non-hydrogen) atoms.